The summed E-state index contributed by atoms with van der Waals surface area (Å²) in [5.41, 5.74) is 1.90. The maximum absolute atomic E-state index is 11.4. The number of hydrogen-bond acceptors (Lipinski definition) is 3. The van der Waals surface area contributed by atoms with Crippen molar-refractivity contribution in [3.8, 4) is 5.75 Å². The number of rotatable bonds is 6. The van der Waals surface area contributed by atoms with Crippen LogP contribution in [0.3, 0.4) is 0 Å². The maximum atomic E-state index is 11.4. The number of methoxy groups -OCH3 is 1. The summed E-state index contributed by atoms with van der Waals surface area (Å²) < 4.78 is 5.10. The molecule has 0 bridgehead atoms. The van der Waals surface area contributed by atoms with Crippen molar-refractivity contribution >= 4 is 17.7 Å². The quantitative estimate of drug-likeness (QED) is 0.879. The summed E-state index contributed by atoms with van der Waals surface area (Å²) in [4.78, 5) is 11.4. The Kier molecular flexibility index (Phi) is 5.07. The lowest BCUT2D eigenvalue weighted by molar-refractivity contribution is -0.136. The van der Waals surface area contributed by atoms with Gasteiger partial charge in [0, 0.05) is 5.75 Å². The van der Waals surface area contributed by atoms with E-state index < -0.39 is 11.2 Å². The van der Waals surface area contributed by atoms with E-state index in [1.807, 2.05) is 54.6 Å². The number of carboxylic acid groups (broad SMARTS) is 1. The molecule has 2 aromatic rings. The molecule has 20 heavy (non-hydrogen) atoms. The number of carbonyl (C=O) groups is 1. The minimum atomic E-state index is -0.810. The van der Waals surface area contributed by atoms with Gasteiger partial charge >= 0.3 is 5.97 Å². The topological polar surface area (TPSA) is 46.5 Å². The van der Waals surface area contributed by atoms with E-state index in [9.17, 15) is 9.90 Å². The Hall–Kier alpha value is -1.94. The first kappa shape index (κ1) is 14.5. The maximum Gasteiger partial charge on any atom is 0.321 e. The summed E-state index contributed by atoms with van der Waals surface area (Å²) in [6, 6.07) is 17.0. The fourth-order valence-electron chi connectivity index (χ4n) is 1.84. The molecular weight excluding hydrogens is 272 g/mol. The van der Waals surface area contributed by atoms with Crippen LogP contribution < -0.4 is 4.74 Å². The summed E-state index contributed by atoms with van der Waals surface area (Å²) in [6.45, 7) is 0. The molecular formula is C16H16O3S. The monoisotopic (exact) mass is 288 g/mol. The van der Waals surface area contributed by atoms with Gasteiger partial charge in [0.25, 0.3) is 0 Å². The van der Waals surface area contributed by atoms with E-state index in [2.05, 4.69) is 0 Å². The molecule has 0 radical (unpaired) electrons. The molecule has 4 heteroatoms. The Morgan fingerprint density at radius 3 is 2.35 bits per heavy atom. The molecule has 1 unspecified atom stereocenters. The van der Waals surface area contributed by atoms with Gasteiger partial charge in [-0.25, -0.2) is 0 Å². The number of hydrogen-bond donors (Lipinski definition) is 1. The van der Waals surface area contributed by atoms with Gasteiger partial charge < -0.3 is 9.84 Å². The first-order valence-electron chi connectivity index (χ1n) is 6.23. The molecule has 0 fully saturated rings. The highest BCUT2D eigenvalue weighted by Gasteiger charge is 2.19. The van der Waals surface area contributed by atoms with Crippen LogP contribution in [0.2, 0.25) is 0 Å². The van der Waals surface area contributed by atoms with Gasteiger partial charge in [-0.15, -0.1) is 11.8 Å². The van der Waals surface area contributed by atoms with E-state index in [0.29, 0.717) is 5.75 Å². The standard InChI is InChI=1S/C16H16O3S/c1-19-14-9-7-12(8-10-14)11-20-15(16(17)18)13-5-3-2-4-6-13/h2-10,15H,11H2,1H3,(H,17,18). The second-order valence-electron chi connectivity index (χ2n) is 4.29. The molecule has 2 rings (SSSR count). The fraction of sp³-hybridized carbons (Fsp3) is 0.188. The van der Waals surface area contributed by atoms with Crippen molar-refractivity contribution in [1.82, 2.24) is 0 Å². The lowest BCUT2D eigenvalue weighted by Crippen LogP contribution is -2.08. The number of carboxylic acids is 1. The van der Waals surface area contributed by atoms with Crippen LogP contribution in [-0.4, -0.2) is 18.2 Å². The van der Waals surface area contributed by atoms with Crippen LogP contribution >= 0.6 is 11.8 Å². The zero-order valence-corrected chi connectivity index (χ0v) is 12.0. The van der Waals surface area contributed by atoms with Gasteiger partial charge in [0.05, 0.1) is 7.11 Å². The molecule has 3 nitrogen and oxygen atoms in total. The van der Waals surface area contributed by atoms with E-state index in [-0.39, 0.29) is 0 Å². The molecule has 1 atom stereocenters. The van der Waals surface area contributed by atoms with Crippen LogP contribution in [0.1, 0.15) is 16.4 Å². The van der Waals surface area contributed by atoms with Gasteiger partial charge in [-0.1, -0.05) is 42.5 Å². The van der Waals surface area contributed by atoms with Gasteiger partial charge in [0.2, 0.25) is 0 Å². The minimum absolute atomic E-state index is 0.543. The van der Waals surface area contributed by atoms with Crippen molar-refractivity contribution in [2.45, 2.75) is 11.0 Å². The molecule has 1 N–H and O–H groups in total. The van der Waals surface area contributed by atoms with Gasteiger partial charge in [-0.2, -0.15) is 0 Å². The van der Waals surface area contributed by atoms with E-state index in [1.165, 1.54) is 11.8 Å². The minimum Gasteiger partial charge on any atom is -0.497 e. The summed E-state index contributed by atoms with van der Waals surface area (Å²) in [6.07, 6.45) is 0. The third-order valence-corrected chi connectivity index (χ3v) is 4.21. The predicted octanol–water partition coefficient (Wildman–Crippen LogP) is 3.75. The second kappa shape index (κ2) is 7.01. The Morgan fingerprint density at radius 2 is 1.80 bits per heavy atom. The highest BCUT2D eigenvalue weighted by molar-refractivity contribution is 7.99. The summed E-state index contributed by atoms with van der Waals surface area (Å²) in [7, 11) is 1.62. The normalized spacial score (nSPS) is 11.8. The van der Waals surface area contributed by atoms with Gasteiger partial charge in [-0.05, 0) is 23.3 Å². The largest absolute Gasteiger partial charge is 0.497 e. The van der Waals surface area contributed by atoms with Crippen molar-refractivity contribution in [1.29, 1.82) is 0 Å². The number of benzene rings is 2. The molecule has 0 saturated carbocycles. The molecule has 0 aliphatic heterocycles. The van der Waals surface area contributed by atoms with E-state index in [4.69, 9.17) is 4.74 Å². The lowest BCUT2D eigenvalue weighted by Gasteiger charge is -2.12. The Labute approximate surface area is 122 Å². The third kappa shape index (κ3) is 3.78. The van der Waals surface area contributed by atoms with Crippen LogP contribution in [0, 0.1) is 0 Å². The highest BCUT2D eigenvalue weighted by atomic mass is 32.2. The molecule has 0 amide bonds. The SMILES string of the molecule is COc1ccc(CSC(C(=O)O)c2ccccc2)cc1. The van der Waals surface area contributed by atoms with Crippen LogP contribution in [0.5, 0.6) is 5.75 Å². The Morgan fingerprint density at radius 1 is 1.15 bits per heavy atom. The van der Waals surface area contributed by atoms with Crippen LogP contribution in [-0.2, 0) is 10.5 Å². The molecule has 0 spiro atoms. The van der Waals surface area contributed by atoms with Crippen molar-refractivity contribution in [3.05, 3.63) is 65.7 Å². The molecule has 0 aliphatic rings. The van der Waals surface area contributed by atoms with Crippen molar-refractivity contribution in [2.75, 3.05) is 7.11 Å². The number of thioether (sulfide) groups is 1. The average molecular weight is 288 g/mol. The van der Waals surface area contributed by atoms with E-state index >= 15 is 0 Å². The third-order valence-electron chi connectivity index (χ3n) is 2.90. The molecule has 2 aromatic carbocycles. The first-order valence-corrected chi connectivity index (χ1v) is 7.28. The molecule has 0 aromatic heterocycles. The smallest absolute Gasteiger partial charge is 0.321 e. The van der Waals surface area contributed by atoms with Crippen molar-refractivity contribution in [2.24, 2.45) is 0 Å². The fourth-order valence-corrected chi connectivity index (χ4v) is 2.88. The van der Waals surface area contributed by atoms with Crippen LogP contribution in [0.4, 0.5) is 0 Å². The molecule has 0 heterocycles. The zero-order chi connectivity index (χ0) is 14.4. The lowest BCUT2D eigenvalue weighted by atomic mass is 10.1. The highest BCUT2D eigenvalue weighted by Crippen LogP contribution is 2.32. The zero-order valence-electron chi connectivity index (χ0n) is 11.2. The molecule has 104 valence electrons. The predicted molar refractivity (Wildman–Crippen MR) is 81.1 cm³/mol. The number of ether oxygens (including phenoxy) is 1. The molecule has 0 aliphatic carbocycles. The van der Waals surface area contributed by atoms with E-state index in [1.54, 1.807) is 7.11 Å². The first-order chi connectivity index (χ1) is 9.70. The molecule has 0 saturated heterocycles. The summed E-state index contributed by atoms with van der Waals surface area (Å²) >= 11 is 1.41. The Balaban J connectivity index is 2.04. The Bertz CT molecular complexity index is 552. The van der Waals surface area contributed by atoms with Crippen LogP contribution in [0.25, 0.3) is 0 Å². The number of aliphatic carboxylic acids is 1. The van der Waals surface area contributed by atoms with Crippen LogP contribution in [0.15, 0.2) is 54.6 Å². The van der Waals surface area contributed by atoms with Crippen molar-refractivity contribution < 1.29 is 14.6 Å². The van der Waals surface area contributed by atoms with Gasteiger partial charge in [-0.3, -0.25) is 4.79 Å². The summed E-state index contributed by atoms with van der Waals surface area (Å²) in [5, 5.41) is 8.80. The van der Waals surface area contributed by atoms with E-state index in [0.717, 1.165) is 16.9 Å². The average Bonchev–Trinajstić information content (AvgIpc) is 2.49. The van der Waals surface area contributed by atoms with Gasteiger partial charge in [0.15, 0.2) is 0 Å². The van der Waals surface area contributed by atoms with Crippen molar-refractivity contribution in [3.63, 3.8) is 0 Å². The summed E-state index contributed by atoms with van der Waals surface area (Å²) in [5.74, 6) is 0.641. The van der Waals surface area contributed by atoms with Gasteiger partial charge in [0.1, 0.15) is 11.0 Å². The second-order valence-corrected chi connectivity index (χ2v) is 5.38.